The number of hydrogen-bond acceptors (Lipinski definition) is 4. The minimum absolute atomic E-state index is 0.301. The minimum Gasteiger partial charge on any atom is -0.363 e. The van der Waals surface area contributed by atoms with E-state index in [1.54, 1.807) is 17.8 Å². The first-order valence-electron chi connectivity index (χ1n) is 6.78. The molecule has 0 radical (unpaired) electrons. The molecular formula is C13H25N3O2S2. The van der Waals surface area contributed by atoms with Crippen molar-refractivity contribution in [3.05, 3.63) is 18.0 Å². The normalized spacial score (nSPS) is 13.8. The Morgan fingerprint density at radius 3 is 2.65 bits per heavy atom. The largest absolute Gasteiger partial charge is 0.363 e. The first kappa shape index (κ1) is 17.6. The second-order valence-corrected chi connectivity index (χ2v) is 8.17. The summed E-state index contributed by atoms with van der Waals surface area (Å²) in [4.78, 5) is 3.29. The van der Waals surface area contributed by atoms with Gasteiger partial charge in [0.1, 0.15) is 0 Å². The van der Waals surface area contributed by atoms with E-state index in [1.807, 2.05) is 6.26 Å². The molecule has 0 aliphatic heterocycles. The third-order valence-corrected chi connectivity index (χ3v) is 5.45. The topological polar surface area (TPSA) is 74.0 Å². The maximum atomic E-state index is 12.1. The number of sulfonamides is 1. The second-order valence-electron chi connectivity index (χ2n) is 5.13. The molecule has 1 atom stereocenters. The molecule has 0 bridgehead atoms. The van der Waals surface area contributed by atoms with E-state index >= 15 is 0 Å². The van der Waals surface area contributed by atoms with Gasteiger partial charge in [-0.05, 0) is 18.7 Å². The van der Waals surface area contributed by atoms with Gasteiger partial charge in [0.2, 0.25) is 10.0 Å². The average molecular weight is 319 g/mol. The van der Waals surface area contributed by atoms with Crippen molar-refractivity contribution >= 4 is 21.8 Å². The van der Waals surface area contributed by atoms with Crippen LogP contribution in [0.25, 0.3) is 0 Å². The number of aromatic amines is 1. The molecule has 0 saturated heterocycles. The highest BCUT2D eigenvalue weighted by Gasteiger charge is 2.15. The molecule has 1 aromatic rings. The Morgan fingerprint density at radius 2 is 2.05 bits per heavy atom. The molecule has 0 aliphatic carbocycles. The predicted molar refractivity (Wildman–Crippen MR) is 85.6 cm³/mol. The van der Waals surface area contributed by atoms with Crippen molar-refractivity contribution in [3.63, 3.8) is 0 Å². The predicted octanol–water partition coefficient (Wildman–Crippen LogP) is 1.93. The molecule has 0 saturated carbocycles. The Bertz CT molecular complexity index is 497. The fourth-order valence-electron chi connectivity index (χ4n) is 1.59. The minimum atomic E-state index is -3.40. The molecule has 7 heteroatoms. The summed E-state index contributed by atoms with van der Waals surface area (Å²) in [6.45, 7) is 7.29. The Kier molecular flexibility index (Phi) is 7.08. The summed E-state index contributed by atoms with van der Waals surface area (Å²) in [5, 5.41) is 3.70. The molecule has 5 nitrogen and oxygen atoms in total. The van der Waals surface area contributed by atoms with Crippen LogP contribution in [-0.2, 0) is 16.6 Å². The zero-order valence-corrected chi connectivity index (χ0v) is 14.2. The Hall–Kier alpha value is -0.500. The van der Waals surface area contributed by atoms with Gasteiger partial charge in [-0.3, -0.25) is 0 Å². The van der Waals surface area contributed by atoms with E-state index in [0.29, 0.717) is 29.3 Å². The molecule has 1 unspecified atom stereocenters. The average Bonchev–Trinajstić information content (AvgIpc) is 2.85. The zero-order chi connectivity index (χ0) is 15.2. The maximum Gasteiger partial charge on any atom is 0.242 e. The lowest BCUT2D eigenvalue weighted by molar-refractivity contribution is 0.578. The van der Waals surface area contributed by atoms with Crippen LogP contribution in [0.5, 0.6) is 0 Å². The van der Waals surface area contributed by atoms with Gasteiger partial charge in [-0.2, -0.15) is 11.8 Å². The van der Waals surface area contributed by atoms with Crippen LogP contribution in [0, 0.1) is 0 Å². The highest BCUT2D eigenvalue weighted by molar-refractivity contribution is 7.99. The molecule has 0 fully saturated rings. The van der Waals surface area contributed by atoms with E-state index in [4.69, 9.17) is 0 Å². The van der Waals surface area contributed by atoms with Crippen molar-refractivity contribution in [3.8, 4) is 0 Å². The number of nitrogens with one attached hydrogen (secondary N) is 3. The molecule has 1 aromatic heterocycles. The van der Waals surface area contributed by atoms with E-state index in [-0.39, 0.29) is 0 Å². The smallest absolute Gasteiger partial charge is 0.242 e. The third-order valence-electron chi connectivity index (χ3n) is 2.97. The monoisotopic (exact) mass is 319 g/mol. The standard InChI is InChI=1S/C13H25N3O2S2/c1-10(2)14-8-12-7-13(9-15-12)20(17,18)16-6-5-11(3)19-4/h7,9-11,14-16H,5-6,8H2,1-4H3. The van der Waals surface area contributed by atoms with Gasteiger partial charge in [0.25, 0.3) is 0 Å². The first-order valence-corrected chi connectivity index (χ1v) is 9.55. The van der Waals surface area contributed by atoms with Crippen LogP contribution >= 0.6 is 11.8 Å². The lowest BCUT2D eigenvalue weighted by atomic mass is 10.3. The van der Waals surface area contributed by atoms with Crippen molar-refractivity contribution in [2.24, 2.45) is 0 Å². The van der Waals surface area contributed by atoms with Crippen molar-refractivity contribution in [2.45, 2.75) is 49.9 Å². The summed E-state index contributed by atoms with van der Waals surface area (Å²) in [5.41, 5.74) is 0.872. The van der Waals surface area contributed by atoms with Gasteiger partial charge in [0.15, 0.2) is 0 Å². The molecule has 0 spiro atoms. The van der Waals surface area contributed by atoms with Crippen molar-refractivity contribution in [2.75, 3.05) is 12.8 Å². The van der Waals surface area contributed by atoms with Crippen LogP contribution < -0.4 is 10.0 Å². The van der Waals surface area contributed by atoms with E-state index in [1.165, 1.54) is 6.20 Å². The molecule has 116 valence electrons. The lowest BCUT2D eigenvalue weighted by Gasteiger charge is -2.09. The highest BCUT2D eigenvalue weighted by atomic mass is 32.2. The number of rotatable bonds is 9. The van der Waals surface area contributed by atoms with Crippen molar-refractivity contribution in [1.82, 2.24) is 15.0 Å². The molecular weight excluding hydrogens is 294 g/mol. The SMILES string of the molecule is CSC(C)CCNS(=O)(=O)c1c[nH]c(CNC(C)C)c1. The fourth-order valence-corrected chi connectivity index (χ4v) is 3.01. The van der Waals surface area contributed by atoms with Crippen LogP contribution in [0.3, 0.4) is 0 Å². The number of thioether (sulfide) groups is 1. The molecule has 1 heterocycles. The first-order chi connectivity index (χ1) is 9.35. The Labute approximate surface area is 126 Å². The van der Waals surface area contributed by atoms with Crippen LogP contribution in [-0.4, -0.2) is 37.5 Å². The molecule has 0 amide bonds. The van der Waals surface area contributed by atoms with Gasteiger partial charge in [-0.25, -0.2) is 13.1 Å². The Balaban J connectivity index is 2.55. The van der Waals surface area contributed by atoms with Gasteiger partial charge in [-0.1, -0.05) is 20.8 Å². The molecule has 3 N–H and O–H groups in total. The molecule has 1 rings (SSSR count). The number of aromatic nitrogens is 1. The fraction of sp³-hybridized carbons (Fsp3) is 0.692. The van der Waals surface area contributed by atoms with E-state index in [9.17, 15) is 8.42 Å². The van der Waals surface area contributed by atoms with E-state index in [0.717, 1.165) is 12.1 Å². The van der Waals surface area contributed by atoms with Crippen LogP contribution in [0.2, 0.25) is 0 Å². The summed E-state index contributed by atoms with van der Waals surface area (Å²) in [6, 6.07) is 2.04. The van der Waals surface area contributed by atoms with Crippen LogP contribution in [0.15, 0.2) is 17.2 Å². The van der Waals surface area contributed by atoms with Gasteiger partial charge < -0.3 is 10.3 Å². The van der Waals surface area contributed by atoms with Crippen molar-refractivity contribution < 1.29 is 8.42 Å². The number of H-pyrrole nitrogens is 1. The zero-order valence-electron chi connectivity index (χ0n) is 12.6. The maximum absolute atomic E-state index is 12.1. The van der Waals surface area contributed by atoms with Crippen LogP contribution in [0.4, 0.5) is 0 Å². The summed E-state index contributed by atoms with van der Waals surface area (Å²) in [7, 11) is -3.40. The molecule has 0 aliphatic rings. The Morgan fingerprint density at radius 1 is 1.35 bits per heavy atom. The third kappa shape index (κ3) is 5.87. The summed E-state index contributed by atoms with van der Waals surface area (Å²) >= 11 is 1.74. The lowest BCUT2D eigenvalue weighted by Crippen LogP contribution is -2.26. The molecule has 20 heavy (non-hydrogen) atoms. The summed E-state index contributed by atoms with van der Waals surface area (Å²) in [6.07, 6.45) is 4.39. The summed E-state index contributed by atoms with van der Waals surface area (Å²) < 4.78 is 26.8. The van der Waals surface area contributed by atoms with E-state index < -0.39 is 10.0 Å². The van der Waals surface area contributed by atoms with Gasteiger partial charge in [0.05, 0.1) is 4.90 Å². The number of hydrogen-bond donors (Lipinski definition) is 3. The van der Waals surface area contributed by atoms with Gasteiger partial charge >= 0.3 is 0 Å². The van der Waals surface area contributed by atoms with Crippen LogP contribution in [0.1, 0.15) is 32.9 Å². The summed E-state index contributed by atoms with van der Waals surface area (Å²) in [5.74, 6) is 0. The quantitative estimate of drug-likeness (QED) is 0.650. The van der Waals surface area contributed by atoms with E-state index in [2.05, 4.69) is 35.8 Å². The molecule has 0 aromatic carbocycles. The highest BCUT2D eigenvalue weighted by Crippen LogP contribution is 2.12. The van der Waals surface area contributed by atoms with Crippen molar-refractivity contribution in [1.29, 1.82) is 0 Å². The second kappa shape index (κ2) is 8.07. The van der Waals surface area contributed by atoms with Gasteiger partial charge in [0, 0.05) is 36.3 Å². The van der Waals surface area contributed by atoms with Gasteiger partial charge in [-0.15, -0.1) is 0 Å².